The van der Waals surface area contributed by atoms with E-state index < -0.39 is 0 Å². The second kappa shape index (κ2) is 4.84. The summed E-state index contributed by atoms with van der Waals surface area (Å²) in [6, 6.07) is 8.17. The van der Waals surface area contributed by atoms with Crippen molar-refractivity contribution in [1.29, 1.82) is 0 Å². The highest BCUT2D eigenvalue weighted by molar-refractivity contribution is 6.30. The fourth-order valence-corrected chi connectivity index (χ4v) is 1.98. The van der Waals surface area contributed by atoms with Crippen molar-refractivity contribution in [3.8, 4) is 11.4 Å². The van der Waals surface area contributed by atoms with Crippen LogP contribution in [0.4, 0.5) is 0 Å². The number of nitrogens with zero attached hydrogens (tertiary/aromatic N) is 2. The van der Waals surface area contributed by atoms with E-state index in [1.54, 1.807) is 0 Å². The first-order chi connectivity index (χ1) is 8.13. The van der Waals surface area contributed by atoms with Crippen molar-refractivity contribution in [1.82, 2.24) is 9.97 Å². The van der Waals surface area contributed by atoms with Gasteiger partial charge in [-0.1, -0.05) is 42.8 Å². The number of hydrogen-bond acceptors (Lipinski definition) is 2. The number of aryl methyl sites for hydroxylation is 2. The first-order valence-electron chi connectivity index (χ1n) is 5.72. The average Bonchev–Trinajstić information content (AvgIpc) is 2.35. The Hall–Kier alpha value is -1.41. The third-order valence-corrected chi connectivity index (χ3v) is 3.34. The van der Waals surface area contributed by atoms with Crippen molar-refractivity contribution in [2.45, 2.75) is 27.2 Å². The normalized spacial score (nSPS) is 10.6. The largest absolute Gasteiger partial charge is 0.233 e. The van der Waals surface area contributed by atoms with Gasteiger partial charge in [0.05, 0.1) is 0 Å². The molecule has 2 rings (SSSR count). The molecule has 0 N–H and O–H groups in total. The van der Waals surface area contributed by atoms with Gasteiger partial charge in [-0.05, 0) is 25.8 Å². The molecule has 3 heteroatoms. The molecule has 2 nitrogen and oxygen atoms in total. The number of rotatable bonds is 2. The van der Waals surface area contributed by atoms with Crippen LogP contribution in [-0.4, -0.2) is 9.97 Å². The fourth-order valence-electron chi connectivity index (χ4n) is 1.76. The maximum absolute atomic E-state index is 6.11. The Morgan fingerprint density at radius 3 is 2.47 bits per heavy atom. The predicted molar refractivity (Wildman–Crippen MR) is 71.3 cm³/mol. The molecule has 2 aromatic rings. The van der Waals surface area contributed by atoms with Gasteiger partial charge in [0.15, 0.2) is 5.82 Å². The van der Waals surface area contributed by atoms with Gasteiger partial charge in [-0.15, -0.1) is 0 Å². The summed E-state index contributed by atoms with van der Waals surface area (Å²) in [5.74, 6) is 0.718. The Kier molecular flexibility index (Phi) is 3.43. The zero-order valence-electron chi connectivity index (χ0n) is 10.3. The van der Waals surface area contributed by atoms with Gasteiger partial charge in [-0.3, -0.25) is 0 Å². The maximum atomic E-state index is 6.11. The molecule has 0 saturated heterocycles. The summed E-state index contributed by atoms with van der Waals surface area (Å²) in [4.78, 5) is 8.88. The van der Waals surface area contributed by atoms with Crippen molar-refractivity contribution in [2.24, 2.45) is 0 Å². The summed E-state index contributed by atoms with van der Waals surface area (Å²) < 4.78 is 0. The smallest absolute Gasteiger partial charge is 0.161 e. The van der Waals surface area contributed by atoms with Crippen LogP contribution in [0, 0.1) is 13.8 Å². The zero-order valence-corrected chi connectivity index (χ0v) is 11.0. The molecule has 0 aliphatic rings. The molecule has 1 aromatic carbocycles. The molecule has 0 unspecified atom stereocenters. The van der Waals surface area contributed by atoms with Crippen LogP contribution >= 0.6 is 11.6 Å². The highest BCUT2D eigenvalue weighted by atomic mass is 35.5. The Morgan fingerprint density at radius 2 is 1.82 bits per heavy atom. The van der Waals surface area contributed by atoms with E-state index in [4.69, 9.17) is 11.6 Å². The highest BCUT2D eigenvalue weighted by Gasteiger charge is 2.10. The van der Waals surface area contributed by atoms with Crippen LogP contribution in [0.3, 0.4) is 0 Å². The lowest BCUT2D eigenvalue weighted by Crippen LogP contribution is -1.98. The van der Waals surface area contributed by atoms with Crippen LogP contribution < -0.4 is 0 Å². The third-order valence-electron chi connectivity index (χ3n) is 2.97. The predicted octanol–water partition coefficient (Wildman–Crippen LogP) is 3.98. The Bertz CT molecular complexity index is 527. The Balaban J connectivity index is 2.61. The molecule has 0 spiro atoms. The summed E-state index contributed by atoms with van der Waals surface area (Å²) in [6.45, 7) is 6.02. The van der Waals surface area contributed by atoms with E-state index in [0.29, 0.717) is 5.15 Å². The van der Waals surface area contributed by atoms with Crippen molar-refractivity contribution >= 4 is 11.6 Å². The van der Waals surface area contributed by atoms with Crippen LogP contribution in [0.2, 0.25) is 5.15 Å². The van der Waals surface area contributed by atoms with Gasteiger partial charge in [0.2, 0.25) is 0 Å². The highest BCUT2D eigenvalue weighted by Crippen LogP contribution is 2.24. The van der Waals surface area contributed by atoms with Gasteiger partial charge in [0.25, 0.3) is 0 Å². The van der Waals surface area contributed by atoms with Crippen LogP contribution in [0.15, 0.2) is 24.3 Å². The van der Waals surface area contributed by atoms with E-state index in [0.717, 1.165) is 29.1 Å². The summed E-state index contributed by atoms with van der Waals surface area (Å²) in [6.07, 6.45) is 0.962. The van der Waals surface area contributed by atoms with Crippen LogP contribution in [0.1, 0.15) is 23.7 Å². The molecule has 0 radical (unpaired) electrons. The van der Waals surface area contributed by atoms with E-state index in [9.17, 15) is 0 Å². The Morgan fingerprint density at radius 1 is 1.12 bits per heavy atom. The standard InChI is InChI=1S/C14H15ClN2/c1-4-11-7-5-6-8-12(11)14-16-10(3)9(2)13(15)17-14/h5-8H,4H2,1-3H3. The third kappa shape index (κ3) is 2.32. The first kappa shape index (κ1) is 12.1. The van der Waals surface area contributed by atoms with Crippen LogP contribution in [0.25, 0.3) is 11.4 Å². The first-order valence-corrected chi connectivity index (χ1v) is 6.10. The van der Waals surface area contributed by atoms with Crippen LogP contribution in [-0.2, 0) is 6.42 Å². The van der Waals surface area contributed by atoms with E-state index >= 15 is 0 Å². The number of benzene rings is 1. The lowest BCUT2D eigenvalue weighted by molar-refractivity contribution is 1.05. The summed E-state index contributed by atoms with van der Waals surface area (Å²) in [5.41, 5.74) is 4.20. The minimum absolute atomic E-state index is 0.540. The zero-order chi connectivity index (χ0) is 12.4. The molecule has 0 aliphatic heterocycles. The van der Waals surface area contributed by atoms with Gasteiger partial charge in [0, 0.05) is 16.8 Å². The molecule has 1 heterocycles. The molecule has 0 atom stereocenters. The van der Waals surface area contributed by atoms with Gasteiger partial charge < -0.3 is 0 Å². The molecule has 0 saturated carbocycles. The van der Waals surface area contributed by atoms with Gasteiger partial charge >= 0.3 is 0 Å². The molecule has 88 valence electrons. The number of aromatic nitrogens is 2. The minimum Gasteiger partial charge on any atom is -0.233 e. The SMILES string of the molecule is CCc1ccccc1-c1nc(C)c(C)c(Cl)n1. The van der Waals surface area contributed by atoms with Gasteiger partial charge in [-0.2, -0.15) is 0 Å². The number of halogens is 1. The molecular weight excluding hydrogens is 232 g/mol. The molecule has 0 bridgehead atoms. The molecular formula is C14H15ClN2. The minimum atomic E-state index is 0.540. The second-order valence-electron chi connectivity index (χ2n) is 4.06. The van der Waals surface area contributed by atoms with Crippen molar-refractivity contribution in [2.75, 3.05) is 0 Å². The molecule has 0 fully saturated rings. The lowest BCUT2D eigenvalue weighted by atomic mass is 10.0. The topological polar surface area (TPSA) is 25.8 Å². The second-order valence-corrected chi connectivity index (χ2v) is 4.42. The van der Waals surface area contributed by atoms with E-state index in [1.165, 1.54) is 5.56 Å². The van der Waals surface area contributed by atoms with Gasteiger partial charge in [0.1, 0.15) is 5.15 Å². The van der Waals surface area contributed by atoms with Gasteiger partial charge in [-0.25, -0.2) is 9.97 Å². The van der Waals surface area contributed by atoms with E-state index in [-0.39, 0.29) is 0 Å². The molecule has 0 aliphatic carbocycles. The summed E-state index contributed by atoms with van der Waals surface area (Å²) in [5, 5.41) is 0.540. The van der Waals surface area contributed by atoms with E-state index in [1.807, 2.05) is 32.0 Å². The fraction of sp³-hybridized carbons (Fsp3) is 0.286. The lowest BCUT2D eigenvalue weighted by Gasteiger charge is -2.09. The van der Waals surface area contributed by atoms with Crippen molar-refractivity contribution in [3.05, 3.63) is 46.2 Å². The van der Waals surface area contributed by atoms with Crippen LogP contribution in [0.5, 0.6) is 0 Å². The monoisotopic (exact) mass is 246 g/mol. The summed E-state index contributed by atoms with van der Waals surface area (Å²) in [7, 11) is 0. The number of hydrogen-bond donors (Lipinski definition) is 0. The molecule has 1 aromatic heterocycles. The Labute approximate surface area is 107 Å². The quantitative estimate of drug-likeness (QED) is 0.750. The molecule has 0 amide bonds. The average molecular weight is 247 g/mol. The van der Waals surface area contributed by atoms with E-state index in [2.05, 4.69) is 23.0 Å². The summed E-state index contributed by atoms with van der Waals surface area (Å²) >= 11 is 6.11. The maximum Gasteiger partial charge on any atom is 0.161 e. The molecule has 17 heavy (non-hydrogen) atoms. The van der Waals surface area contributed by atoms with Crippen molar-refractivity contribution in [3.63, 3.8) is 0 Å². The van der Waals surface area contributed by atoms with Crippen molar-refractivity contribution < 1.29 is 0 Å².